The quantitative estimate of drug-likeness (QED) is 0.823. The Hall–Kier alpha value is -2.13. The van der Waals surface area contributed by atoms with Gasteiger partial charge in [0.25, 0.3) is 5.91 Å². The minimum absolute atomic E-state index is 0.147. The number of hydrogen-bond acceptors (Lipinski definition) is 5. The van der Waals surface area contributed by atoms with Gasteiger partial charge in [-0.1, -0.05) is 0 Å². The van der Waals surface area contributed by atoms with Gasteiger partial charge in [0.05, 0.1) is 12.0 Å². The molecule has 0 atom stereocenters. The fourth-order valence-electron chi connectivity index (χ4n) is 2.78. The predicted octanol–water partition coefficient (Wildman–Crippen LogP) is 1.15. The minimum Gasteiger partial charge on any atom is -0.453 e. The van der Waals surface area contributed by atoms with Crippen molar-refractivity contribution in [3.63, 3.8) is 0 Å². The van der Waals surface area contributed by atoms with Crippen molar-refractivity contribution < 1.29 is 22.7 Å². The van der Waals surface area contributed by atoms with Crippen LogP contribution in [0.4, 0.5) is 4.79 Å². The number of carbonyl (C=O) groups is 2. The van der Waals surface area contributed by atoms with E-state index in [2.05, 4.69) is 5.32 Å². The Morgan fingerprint density at radius 3 is 2.27 bits per heavy atom. The molecule has 1 fully saturated rings. The van der Waals surface area contributed by atoms with Gasteiger partial charge >= 0.3 is 6.09 Å². The number of methoxy groups -OCH3 is 1. The molecule has 1 aliphatic heterocycles. The van der Waals surface area contributed by atoms with E-state index in [1.165, 1.54) is 45.5 Å². The fraction of sp³-hybridized carbons (Fsp3) is 0.529. The van der Waals surface area contributed by atoms with E-state index in [1.54, 1.807) is 4.90 Å². The maximum absolute atomic E-state index is 12.2. The Morgan fingerprint density at radius 1 is 1.19 bits per heavy atom. The first kappa shape index (κ1) is 20.2. The first-order chi connectivity index (χ1) is 12.3. The molecular formula is C17H25N3O5S. The number of sulfonamides is 1. The van der Waals surface area contributed by atoms with E-state index in [9.17, 15) is 18.0 Å². The number of carbonyl (C=O) groups excluding carboxylic acids is 2. The number of nitrogens with one attached hydrogen (secondary N) is 1. The minimum atomic E-state index is -3.50. The molecule has 26 heavy (non-hydrogen) atoms. The van der Waals surface area contributed by atoms with Crippen LogP contribution in [-0.2, 0) is 14.8 Å². The zero-order valence-corrected chi connectivity index (χ0v) is 16.1. The molecule has 144 valence electrons. The van der Waals surface area contributed by atoms with E-state index >= 15 is 0 Å². The average molecular weight is 383 g/mol. The number of likely N-dealkylation sites (tertiary alicyclic amines) is 1. The molecule has 9 heteroatoms. The molecule has 2 amide bonds. The molecule has 0 unspecified atom stereocenters. The van der Waals surface area contributed by atoms with Crippen molar-refractivity contribution in [1.29, 1.82) is 0 Å². The van der Waals surface area contributed by atoms with Gasteiger partial charge in [-0.05, 0) is 43.0 Å². The molecule has 1 heterocycles. The van der Waals surface area contributed by atoms with E-state index in [4.69, 9.17) is 4.74 Å². The fourth-order valence-corrected chi connectivity index (χ4v) is 3.68. The number of benzene rings is 1. The lowest BCUT2D eigenvalue weighted by atomic mass is 9.97. The first-order valence-corrected chi connectivity index (χ1v) is 9.83. The molecule has 1 N–H and O–H groups in total. The van der Waals surface area contributed by atoms with Crippen molar-refractivity contribution >= 4 is 22.0 Å². The third kappa shape index (κ3) is 4.73. The molecule has 0 aromatic heterocycles. The van der Waals surface area contributed by atoms with Crippen molar-refractivity contribution in [1.82, 2.24) is 14.5 Å². The summed E-state index contributed by atoms with van der Waals surface area (Å²) < 4.78 is 29.9. The van der Waals surface area contributed by atoms with Gasteiger partial charge < -0.3 is 15.0 Å². The predicted molar refractivity (Wildman–Crippen MR) is 96.4 cm³/mol. The Labute approximate surface area is 154 Å². The van der Waals surface area contributed by atoms with Gasteiger partial charge in [-0.3, -0.25) is 4.79 Å². The van der Waals surface area contributed by atoms with Crippen LogP contribution in [0, 0.1) is 5.92 Å². The number of nitrogens with zero attached hydrogens (tertiary/aromatic N) is 2. The Balaban J connectivity index is 1.86. The van der Waals surface area contributed by atoms with Crippen LogP contribution in [0.5, 0.6) is 0 Å². The summed E-state index contributed by atoms with van der Waals surface area (Å²) in [4.78, 5) is 25.5. The zero-order valence-electron chi connectivity index (χ0n) is 15.3. The largest absolute Gasteiger partial charge is 0.453 e. The average Bonchev–Trinajstić information content (AvgIpc) is 2.65. The van der Waals surface area contributed by atoms with Crippen LogP contribution < -0.4 is 5.32 Å². The smallest absolute Gasteiger partial charge is 0.409 e. The van der Waals surface area contributed by atoms with Crippen LogP contribution in [0.2, 0.25) is 0 Å². The second kappa shape index (κ2) is 8.50. The van der Waals surface area contributed by atoms with E-state index in [0.717, 1.165) is 17.1 Å². The Morgan fingerprint density at radius 2 is 1.77 bits per heavy atom. The highest BCUT2D eigenvalue weighted by molar-refractivity contribution is 7.89. The zero-order chi connectivity index (χ0) is 19.3. The molecule has 0 bridgehead atoms. The molecule has 1 aromatic rings. The lowest BCUT2D eigenvalue weighted by Crippen LogP contribution is -2.41. The van der Waals surface area contributed by atoms with Crippen LogP contribution in [-0.4, -0.2) is 70.5 Å². The molecule has 0 saturated carbocycles. The van der Waals surface area contributed by atoms with Crippen LogP contribution in [0.25, 0.3) is 0 Å². The second-order valence-electron chi connectivity index (χ2n) is 6.42. The third-order valence-electron chi connectivity index (χ3n) is 4.49. The van der Waals surface area contributed by atoms with Gasteiger partial charge in [0.2, 0.25) is 10.0 Å². The summed E-state index contributed by atoms with van der Waals surface area (Å²) in [6, 6.07) is 5.87. The third-order valence-corrected chi connectivity index (χ3v) is 6.32. The molecule has 1 saturated heterocycles. The highest BCUT2D eigenvalue weighted by Gasteiger charge is 2.23. The molecule has 0 radical (unpaired) electrons. The molecule has 1 aromatic carbocycles. The molecule has 0 aliphatic carbocycles. The van der Waals surface area contributed by atoms with Gasteiger partial charge in [0, 0.05) is 39.3 Å². The maximum Gasteiger partial charge on any atom is 0.409 e. The van der Waals surface area contributed by atoms with E-state index in [1.807, 2.05) is 0 Å². The van der Waals surface area contributed by atoms with Crippen LogP contribution >= 0.6 is 0 Å². The van der Waals surface area contributed by atoms with Crippen molar-refractivity contribution in [2.45, 2.75) is 17.7 Å². The highest BCUT2D eigenvalue weighted by Crippen LogP contribution is 2.18. The molecular weight excluding hydrogens is 358 g/mol. The van der Waals surface area contributed by atoms with Crippen LogP contribution in [0.1, 0.15) is 23.2 Å². The monoisotopic (exact) mass is 383 g/mol. The lowest BCUT2D eigenvalue weighted by molar-refractivity contribution is 0.0914. The van der Waals surface area contributed by atoms with Crippen molar-refractivity contribution in [3.05, 3.63) is 29.8 Å². The highest BCUT2D eigenvalue weighted by atomic mass is 32.2. The van der Waals surface area contributed by atoms with Gasteiger partial charge in [-0.2, -0.15) is 0 Å². The first-order valence-electron chi connectivity index (χ1n) is 8.39. The number of piperidine rings is 1. The summed E-state index contributed by atoms with van der Waals surface area (Å²) in [6.45, 7) is 1.75. The number of hydrogen-bond donors (Lipinski definition) is 1. The lowest BCUT2D eigenvalue weighted by Gasteiger charge is -2.30. The number of amides is 2. The molecule has 0 spiro atoms. The van der Waals surface area contributed by atoms with Gasteiger partial charge in [0.1, 0.15) is 0 Å². The summed E-state index contributed by atoms with van der Waals surface area (Å²) >= 11 is 0. The molecule has 1 aliphatic rings. The summed E-state index contributed by atoms with van der Waals surface area (Å²) in [5.74, 6) is 0.0578. The normalized spacial score (nSPS) is 15.8. The van der Waals surface area contributed by atoms with Gasteiger partial charge in [-0.15, -0.1) is 0 Å². The summed E-state index contributed by atoms with van der Waals surface area (Å²) in [5, 5.41) is 2.87. The summed E-state index contributed by atoms with van der Waals surface area (Å²) in [7, 11) is 0.780. The summed E-state index contributed by atoms with van der Waals surface area (Å²) in [5.41, 5.74) is 0.412. The van der Waals surface area contributed by atoms with E-state index in [-0.39, 0.29) is 16.9 Å². The number of rotatable bonds is 5. The van der Waals surface area contributed by atoms with Crippen molar-refractivity contribution in [2.24, 2.45) is 5.92 Å². The van der Waals surface area contributed by atoms with Gasteiger partial charge in [0.15, 0.2) is 0 Å². The Kier molecular flexibility index (Phi) is 6.60. The van der Waals surface area contributed by atoms with Crippen LogP contribution in [0.3, 0.4) is 0 Å². The van der Waals surface area contributed by atoms with E-state index < -0.39 is 10.0 Å². The second-order valence-corrected chi connectivity index (χ2v) is 8.57. The topological polar surface area (TPSA) is 96.0 Å². The van der Waals surface area contributed by atoms with Gasteiger partial charge in [-0.25, -0.2) is 17.5 Å². The SMILES string of the molecule is COC(=O)N1CCC(CNC(=O)c2ccc(S(=O)(=O)N(C)C)cc2)CC1. The molecule has 8 nitrogen and oxygen atoms in total. The van der Waals surface area contributed by atoms with Crippen molar-refractivity contribution in [3.8, 4) is 0 Å². The summed E-state index contributed by atoms with van der Waals surface area (Å²) in [6.07, 6.45) is 1.28. The van der Waals surface area contributed by atoms with Crippen LogP contribution in [0.15, 0.2) is 29.2 Å². The van der Waals surface area contributed by atoms with E-state index in [0.29, 0.717) is 31.1 Å². The number of ether oxygens (including phenoxy) is 1. The molecule has 2 rings (SSSR count). The van der Waals surface area contributed by atoms with Crippen molar-refractivity contribution in [2.75, 3.05) is 40.8 Å². The Bertz CT molecular complexity index is 738. The standard InChI is InChI=1S/C17H25N3O5S/c1-19(2)26(23,24)15-6-4-14(5-7-15)16(21)18-12-13-8-10-20(11-9-13)17(22)25-3/h4-7,13H,8-12H2,1-3H3,(H,18,21). The maximum atomic E-state index is 12.2.